The van der Waals surface area contributed by atoms with Crippen LogP contribution in [-0.4, -0.2) is 283 Å². The van der Waals surface area contributed by atoms with Crippen molar-refractivity contribution >= 4 is 35.5 Å². The van der Waals surface area contributed by atoms with Gasteiger partial charge in [-0.15, -0.1) is 19.3 Å². The molecule has 27 nitrogen and oxygen atoms in total. The van der Waals surface area contributed by atoms with Crippen molar-refractivity contribution in [3.05, 3.63) is 0 Å². The van der Waals surface area contributed by atoms with Gasteiger partial charge in [0.1, 0.15) is 19.8 Å². The quantitative estimate of drug-likeness (QED) is 0.0384. The normalized spacial score (nSPS) is 10.7. The predicted molar refractivity (Wildman–Crippen MR) is 308 cm³/mol. The molecule has 27 heteroatoms. The molecule has 0 aliphatic heterocycles. The molecule has 5 amide bonds. The van der Waals surface area contributed by atoms with Gasteiger partial charge in [-0.3, -0.25) is 28.8 Å². The fourth-order valence-electron chi connectivity index (χ4n) is 6.08. The van der Waals surface area contributed by atoms with Crippen molar-refractivity contribution in [2.24, 2.45) is 0 Å². The van der Waals surface area contributed by atoms with Gasteiger partial charge in [-0.2, -0.15) is 0 Å². The average molecular weight is 1210 g/mol. The number of aliphatic carboxylic acids is 1. The zero-order chi connectivity index (χ0) is 61.7. The van der Waals surface area contributed by atoms with Gasteiger partial charge in [-0.25, -0.2) is 0 Å². The van der Waals surface area contributed by atoms with Gasteiger partial charge in [0.05, 0.1) is 185 Å². The molecule has 0 aromatic carbocycles. The minimum absolute atomic E-state index is 0.0631. The molecule has 0 unspecified atom stereocenters. The number of amides is 5. The third-order valence-electron chi connectivity index (χ3n) is 10.3. The van der Waals surface area contributed by atoms with Crippen molar-refractivity contribution in [1.82, 2.24) is 26.2 Å². The first-order chi connectivity index (χ1) is 41.1. The zero-order valence-electron chi connectivity index (χ0n) is 49.8. The van der Waals surface area contributed by atoms with Crippen LogP contribution in [0.15, 0.2) is 0 Å². The topological polar surface area (TPSA) is 312 Å². The van der Waals surface area contributed by atoms with Gasteiger partial charge < -0.3 is 102 Å². The standard InChI is InChI=1S/C35H61N3O13.C22H38N2O9/c1-4-13-42-17-21-46-25-29-50-31-27-48-23-19-44-15-7-33(39)36-9-11-38(35(41)6-3)12-10-37-34(40)8-16-45-20-24-49-28-32-51-30-26-47-22-18-43-14-5-2;1-2-9-29-11-13-31-15-17-33-18-16-32-14-12-30-10-7-20(25)24-19-21(26)23-8-5-3-4-6-22(27)28/h1-2H,6-32H2,3H3,(H,36,39)(H,37,40);1H,3-19H2,(H,23,26)(H,24,25)(H,27,28). The smallest absolute Gasteiger partial charge is 0.303 e. The molecule has 0 radical (unpaired) electrons. The summed E-state index contributed by atoms with van der Waals surface area (Å²) in [7, 11) is 0. The van der Waals surface area contributed by atoms with E-state index in [9.17, 15) is 28.8 Å². The molecule has 0 aliphatic carbocycles. The van der Waals surface area contributed by atoms with Crippen LogP contribution >= 0.6 is 0 Å². The summed E-state index contributed by atoms with van der Waals surface area (Å²) in [5, 5.41) is 19.3. The van der Waals surface area contributed by atoms with E-state index in [1.165, 1.54) is 0 Å². The number of nitrogens with one attached hydrogen (secondary N) is 4. The van der Waals surface area contributed by atoms with E-state index in [1.807, 2.05) is 0 Å². The van der Waals surface area contributed by atoms with E-state index >= 15 is 0 Å². The van der Waals surface area contributed by atoms with Crippen LogP contribution in [0.4, 0.5) is 0 Å². The second kappa shape index (κ2) is 68.7. The average Bonchev–Trinajstić information content (AvgIpc) is 3.48. The summed E-state index contributed by atoms with van der Waals surface area (Å²) in [6.07, 6.45) is 18.2. The largest absolute Gasteiger partial charge is 0.481 e. The van der Waals surface area contributed by atoms with Crippen LogP contribution in [0, 0.1) is 37.0 Å². The summed E-state index contributed by atoms with van der Waals surface area (Å²) in [6, 6.07) is 0. The van der Waals surface area contributed by atoms with Crippen LogP contribution in [0.2, 0.25) is 0 Å². The van der Waals surface area contributed by atoms with Crippen LogP contribution < -0.4 is 21.3 Å². The molecule has 0 aliphatic rings. The zero-order valence-corrected chi connectivity index (χ0v) is 49.8. The number of nitrogens with zero attached hydrogens (tertiary/aromatic N) is 1. The number of carbonyl (C=O) groups is 6. The molecule has 0 saturated heterocycles. The molecular weight excluding hydrogens is 1110 g/mol. The summed E-state index contributed by atoms with van der Waals surface area (Å²) in [5.41, 5.74) is 0. The lowest BCUT2D eigenvalue weighted by Gasteiger charge is -2.22. The van der Waals surface area contributed by atoms with Crippen molar-refractivity contribution in [2.75, 3.05) is 237 Å². The molecule has 84 heavy (non-hydrogen) atoms. The molecule has 0 saturated carbocycles. The number of carboxylic acid groups (broad SMARTS) is 1. The minimum atomic E-state index is -0.819. The fourth-order valence-corrected chi connectivity index (χ4v) is 6.08. The van der Waals surface area contributed by atoms with Gasteiger partial charge >= 0.3 is 5.97 Å². The summed E-state index contributed by atoms with van der Waals surface area (Å²) in [4.78, 5) is 71.9. The monoisotopic (exact) mass is 1210 g/mol. The highest BCUT2D eigenvalue weighted by Crippen LogP contribution is 1.99. The lowest BCUT2D eigenvalue weighted by molar-refractivity contribution is -0.137. The molecule has 0 rings (SSSR count). The number of hydrogen-bond acceptors (Lipinski definition) is 21. The number of carboxylic acids is 1. The predicted octanol–water partition coefficient (Wildman–Crippen LogP) is -0.360. The summed E-state index contributed by atoms with van der Waals surface area (Å²) in [5.74, 6) is 5.36. The van der Waals surface area contributed by atoms with E-state index < -0.39 is 5.97 Å². The molecule has 0 fully saturated rings. The highest BCUT2D eigenvalue weighted by Gasteiger charge is 2.13. The second-order valence-electron chi connectivity index (χ2n) is 17.1. The van der Waals surface area contributed by atoms with Crippen LogP contribution in [0.3, 0.4) is 0 Å². The lowest BCUT2D eigenvalue weighted by Crippen LogP contribution is -2.42. The van der Waals surface area contributed by atoms with Gasteiger partial charge in [0, 0.05) is 64.8 Å². The fraction of sp³-hybridized carbons (Fsp3) is 0.789. The second-order valence-corrected chi connectivity index (χ2v) is 17.1. The van der Waals surface area contributed by atoms with E-state index in [2.05, 4.69) is 39.0 Å². The van der Waals surface area contributed by atoms with Crippen molar-refractivity contribution in [2.45, 2.75) is 58.3 Å². The maximum absolute atomic E-state index is 12.3. The minimum Gasteiger partial charge on any atom is -0.481 e. The van der Waals surface area contributed by atoms with Gasteiger partial charge in [0.25, 0.3) is 0 Å². The van der Waals surface area contributed by atoms with E-state index in [0.717, 1.165) is 6.42 Å². The molecule has 5 N–H and O–H groups in total. The third kappa shape index (κ3) is 67.7. The Balaban J connectivity index is 0. The Morgan fingerprint density at radius 1 is 0.345 bits per heavy atom. The molecule has 484 valence electrons. The Kier molecular flexibility index (Phi) is 66.2. The molecule has 0 spiro atoms. The molecule has 0 heterocycles. The van der Waals surface area contributed by atoms with Crippen molar-refractivity contribution in [3.8, 4) is 37.0 Å². The summed E-state index contributed by atoms with van der Waals surface area (Å²) >= 11 is 0. The Bertz CT molecular complexity index is 1640. The number of ether oxygens (including phenoxy) is 15. The summed E-state index contributed by atoms with van der Waals surface area (Å²) in [6.45, 7) is 15.4. The first-order valence-corrected chi connectivity index (χ1v) is 28.6. The molecule has 0 aromatic rings. The number of terminal acetylenes is 3. The number of carbonyl (C=O) groups excluding carboxylic acids is 5. The molecule has 0 atom stereocenters. The van der Waals surface area contributed by atoms with Crippen molar-refractivity contribution in [1.29, 1.82) is 0 Å². The van der Waals surface area contributed by atoms with Crippen molar-refractivity contribution in [3.63, 3.8) is 0 Å². The van der Waals surface area contributed by atoms with E-state index in [-0.39, 0.29) is 101 Å². The SMILES string of the molecule is C#CCOCCOCCOCCOCCOCCC(=O)NCC(=O)NCCCCCC(=O)O.C#CCOCCOCCOCCOCCOCCC(=O)NCCN(CCNC(=O)CCOCCOCCOCCOCCOCC#C)C(=O)CC. The Labute approximate surface area is 498 Å². The maximum atomic E-state index is 12.3. The van der Waals surface area contributed by atoms with Gasteiger partial charge in [0.2, 0.25) is 29.5 Å². The maximum Gasteiger partial charge on any atom is 0.303 e. The first kappa shape index (κ1) is 81.0. The molecule has 0 aromatic heterocycles. The van der Waals surface area contributed by atoms with E-state index in [0.29, 0.717) is 211 Å². The number of unbranched alkanes of at least 4 members (excludes halogenated alkanes) is 2. The van der Waals surface area contributed by atoms with Gasteiger partial charge in [-0.05, 0) is 12.8 Å². The lowest BCUT2D eigenvalue weighted by atomic mass is 10.2. The van der Waals surface area contributed by atoms with E-state index in [1.54, 1.807) is 11.8 Å². The first-order valence-electron chi connectivity index (χ1n) is 28.6. The van der Waals surface area contributed by atoms with E-state index in [4.69, 9.17) is 95.4 Å². The third-order valence-corrected chi connectivity index (χ3v) is 10.3. The Hall–Kier alpha value is -5.10. The molecular formula is C57H99N5O22. The molecule has 0 bridgehead atoms. The van der Waals surface area contributed by atoms with Gasteiger partial charge in [-0.1, -0.05) is 31.1 Å². The highest BCUT2D eigenvalue weighted by atomic mass is 16.6. The number of rotatable bonds is 63. The van der Waals surface area contributed by atoms with Crippen LogP contribution in [-0.2, 0) is 99.8 Å². The Morgan fingerprint density at radius 3 is 0.905 bits per heavy atom. The summed E-state index contributed by atoms with van der Waals surface area (Å²) < 4.78 is 79.8. The van der Waals surface area contributed by atoms with Crippen molar-refractivity contribution < 1.29 is 105 Å². The van der Waals surface area contributed by atoms with Gasteiger partial charge in [0.15, 0.2) is 0 Å². The highest BCUT2D eigenvalue weighted by molar-refractivity contribution is 5.84. The van der Waals surface area contributed by atoms with Crippen LogP contribution in [0.5, 0.6) is 0 Å². The number of hydrogen-bond donors (Lipinski definition) is 5. The van der Waals surface area contributed by atoms with Crippen LogP contribution in [0.1, 0.15) is 58.3 Å². The van der Waals surface area contributed by atoms with Crippen LogP contribution in [0.25, 0.3) is 0 Å². The Morgan fingerprint density at radius 2 is 0.619 bits per heavy atom.